The Morgan fingerprint density at radius 2 is 1.52 bits per heavy atom. The predicted molar refractivity (Wildman–Crippen MR) is 97.7 cm³/mol. The molecule has 0 heterocycles. The molecule has 1 atom stereocenters. The van der Waals surface area contributed by atoms with Gasteiger partial charge in [0.15, 0.2) is 0 Å². The van der Waals surface area contributed by atoms with Gasteiger partial charge < -0.3 is 0 Å². The summed E-state index contributed by atoms with van der Waals surface area (Å²) in [5.41, 5.74) is 8.56. The van der Waals surface area contributed by atoms with E-state index in [-0.39, 0.29) is 0 Å². The van der Waals surface area contributed by atoms with Crippen LogP contribution in [-0.2, 0) is 19.3 Å². The molecule has 0 saturated heterocycles. The number of fused-ring (bicyclic) bond motifs is 1. The SMILES string of the molecule is Cc1cccc(-c2ccc3c(c2)CC(Cc2ccccc2)C3)c1. The van der Waals surface area contributed by atoms with Gasteiger partial charge in [-0.25, -0.2) is 0 Å². The summed E-state index contributed by atoms with van der Waals surface area (Å²) in [6.07, 6.45) is 3.62. The average Bonchev–Trinajstić information content (AvgIpc) is 2.97. The molecule has 3 aromatic carbocycles. The van der Waals surface area contributed by atoms with Crippen molar-refractivity contribution in [1.29, 1.82) is 0 Å². The summed E-state index contributed by atoms with van der Waals surface area (Å²) in [6, 6.07) is 26.7. The summed E-state index contributed by atoms with van der Waals surface area (Å²) in [7, 11) is 0. The highest BCUT2D eigenvalue weighted by molar-refractivity contribution is 5.66. The number of aryl methyl sites for hydroxylation is 1. The molecule has 0 fully saturated rings. The Bertz CT molecular complexity index is 814. The first-order chi connectivity index (χ1) is 11.3. The molecule has 3 aromatic rings. The molecule has 0 saturated carbocycles. The third-order valence-electron chi connectivity index (χ3n) is 4.94. The molecule has 0 nitrogen and oxygen atoms in total. The van der Waals surface area contributed by atoms with Crippen LogP contribution in [0.1, 0.15) is 22.3 Å². The van der Waals surface area contributed by atoms with Crippen molar-refractivity contribution in [2.24, 2.45) is 5.92 Å². The first-order valence-corrected chi connectivity index (χ1v) is 8.51. The Morgan fingerprint density at radius 1 is 0.739 bits per heavy atom. The molecule has 1 aliphatic carbocycles. The van der Waals surface area contributed by atoms with E-state index in [0.717, 1.165) is 5.92 Å². The molecule has 0 aromatic heterocycles. The van der Waals surface area contributed by atoms with Crippen LogP contribution in [0, 0.1) is 12.8 Å². The van der Waals surface area contributed by atoms with Gasteiger partial charge >= 0.3 is 0 Å². The van der Waals surface area contributed by atoms with Gasteiger partial charge in [-0.1, -0.05) is 78.4 Å². The smallest absolute Gasteiger partial charge is 0.0181 e. The summed E-state index contributed by atoms with van der Waals surface area (Å²) in [4.78, 5) is 0. The van der Waals surface area contributed by atoms with Crippen LogP contribution in [0.15, 0.2) is 72.8 Å². The van der Waals surface area contributed by atoms with Gasteiger partial charge in [0, 0.05) is 0 Å². The number of benzene rings is 3. The van der Waals surface area contributed by atoms with Crippen molar-refractivity contribution in [2.75, 3.05) is 0 Å². The Balaban J connectivity index is 1.55. The van der Waals surface area contributed by atoms with Crippen LogP contribution in [0.25, 0.3) is 11.1 Å². The van der Waals surface area contributed by atoms with E-state index >= 15 is 0 Å². The van der Waals surface area contributed by atoms with Crippen molar-refractivity contribution in [3.05, 3.63) is 95.1 Å². The molecule has 0 bridgehead atoms. The van der Waals surface area contributed by atoms with E-state index in [1.807, 2.05) is 0 Å². The Labute approximate surface area is 138 Å². The van der Waals surface area contributed by atoms with Crippen molar-refractivity contribution in [1.82, 2.24) is 0 Å². The molecule has 0 amide bonds. The summed E-state index contributed by atoms with van der Waals surface area (Å²) in [6.45, 7) is 2.16. The van der Waals surface area contributed by atoms with E-state index in [0.29, 0.717) is 0 Å². The average molecular weight is 298 g/mol. The molecular weight excluding hydrogens is 276 g/mol. The summed E-state index contributed by atoms with van der Waals surface area (Å²) in [5, 5.41) is 0. The quantitative estimate of drug-likeness (QED) is 0.588. The van der Waals surface area contributed by atoms with Crippen molar-refractivity contribution in [3.63, 3.8) is 0 Å². The zero-order valence-corrected chi connectivity index (χ0v) is 13.6. The predicted octanol–water partition coefficient (Wildman–Crippen LogP) is 5.62. The highest BCUT2D eigenvalue weighted by Gasteiger charge is 2.22. The minimum atomic E-state index is 0.750. The van der Waals surface area contributed by atoms with E-state index in [9.17, 15) is 0 Å². The van der Waals surface area contributed by atoms with Gasteiger partial charge in [0.05, 0.1) is 0 Å². The number of hydrogen-bond donors (Lipinski definition) is 0. The molecule has 4 rings (SSSR count). The third-order valence-corrected chi connectivity index (χ3v) is 4.94. The van der Waals surface area contributed by atoms with Gasteiger partial charge in [-0.3, -0.25) is 0 Å². The van der Waals surface area contributed by atoms with Gasteiger partial charge in [-0.15, -0.1) is 0 Å². The topological polar surface area (TPSA) is 0 Å². The lowest BCUT2D eigenvalue weighted by Gasteiger charge is -2.08. The zero-order valence-electron chi connectivity index (χ0n) is 13.6. The monoisotopic (exact) mass is 298 g/mol. The van der Waals surface area contributed by atoms with Gasteiger partial charge in [-0.2, -0.15) is 0 Å². The van der Waals surface area contributed by atoms with Crippen LogP contribution < -0.4 is 0 Å². The summed E-state index contributed by atoms with van der Waals surface area (Å²) < 4.78 is 0. The first kappa shape index (κ1) is 14.3. The van der Waals surface area contributed by atoms with Crippen LogP contribution in [0.4, 0.5) is 0 Å². The molecule has 0 spiro atoms. The van der Waals surface area contributed by atoms with E-state index in [4.69, 9.17) is 0 Å². The van der Waals surface area contributed by atoms with Crippen LogP contribution >= 0.6 is 0 Å². The molecule has 1 unspecified atom stereocenters. The normalized spacial score (nSPS) is 16.3. The maximum atomic E-state index is 2.41. The molecule has 0 radical (unpaired) electrons. The maximum absolute atomic E-state index is 2.41. The van der Waals surface area contributed by atoms with E-state index in [1.54, 1.807) is 11.1 Å². The number of hydrogen-bond acceptors (Lipinski definition) is 0. The van der Waals surface area contributed by atoms with Gasteiger partial charge in [-0.05, 0) is 59.9 Å². The molecule has 0 heteroatoms. The molecule has 114 valence electrons. The van der Waals surface area contributed by atoms with Crippen molar-refractivity contribution < 1.29 is 0 Å². The summed E-state index contributed by atoms with van der Waals surface area (Å²) >= 11 is 0. The Morgan fingerprint density at radius 3 is 2.35 bits per heavy atom. The fourth-order valence-electron chi connectivity index (χ4n) is 3.81. The first-order valence-electron chi connectivity index (χ1n) is 8.51. The second-order valence-electron chi connectivity index (χ2n) is 6.82. The zero-order chi connectivity index (χ0) is 15.6. The van der Waals surface area contributed by atoms with Crippen molar-refractivity contribution in [3.8, 4) is 11.1 Å². The second-order valence-corrected chi connectivity index (χ2v) is 6.82. The van der Waals surface area contributed by atoms with Crippen LogP contribution in [-0.4, -0.2) is 0 Å². The lowest BCUT2D eigenvalue weighted by atomic mass is 9.97. The molecule has 23 heavy (non-hydrogen) atoms. The second kappa shape index (κ2) is 6.04. The molecular formula is C23H22. The lowest BCUT2D eigenvalue weighted by molar-refractivity contribution is 0.559. The van der Waals surface area contributed by atoms with Crippen molar-refractivity contribution in [2.45, 2.75) is 26.2 Å². The molecule has 0 N–H and O–H groups in total. The standard InChI is InChI=1S/C23H22/c1-17-6-5-9-20(12-17)22-11-10-21-14-19(15-23(21)16-22)13-18-7-3-2-4-8-18/h2-12,16,19H,13-15H2,1H3. The Hall–Kier alpha value is -2.34. The fourth-order valence-corrected chi connectivity index (χ4v) is 3.81. The minimum Gasteiger partial charge on any atom is -0.0622 e. The van der Waals surface area contributed by atoms with Gasteiger partial charge in [0.1, 0.15) is 0 Å². The Kier molecular flexibility index (Phi) is 3.75. The van der Waals surface area contributed by atoms with E-state index in [2.05, 4.69) is 79.7 Å². The van der Waals surface area contributed by atoms with Gasteiger partial charge in [0.2, 0.25) is 0 Å². The summed E-state index contributed by atoms with van der Waals surface area (Å²) in [5.74, 6) is 0.750. The maximum Gasteiger partial charge on any atom is -0.0181 e. The van der Waals surface area contributed by atoms with Crippen LogP contribution in [0.3, 0.4) is 0 Å². The third kappa shape index (κ3) is 3.07. The van der Waals surface area contributed by atoms with E-state index in [1.165, 1.54) is 41.5 Å². The highest BCUT2D eigenvalue weighted by Crippen LogP contribution is 2.32. The van der Waals surface area contributed by atoms with Crippen LogP contribution in [0.5, 0.6) is 0 Å². The minimum absolute atomic E-state index is 0.750. The fraction of sp³-hybridized carbons (Fsp3) is 0.217. The highest BCUT2D eigenvalue weighted by atomic mass is 14.3. The molecule has 0 aliphatic heterocycles. The van der Waals surface area contributed by atoms with Gasteiger partial charge in [0.25, 0.3) is 0 Å². The van der Waals surface area contributed by atoms with Crippen LogP contribution in [0.2, 0.25) is 0 Å². The lowest BCUT2D eigenvalue weighted by Crippen LogP contribution is -2.03. The van der Waals surface area contributed by atoms with Crippen molar-refractivity contribution >= 4 is 0 Å². The number of rotatable bonds is 3. The largest absolute Gasteiger partial charge is 0.0622 e. The molecule has 1 aliphatic rings. The van der Waals surface area contributed by atoms with E-state index < -0.39 is 0 Å².